The number of nitrogens with zero attached hydrogens (tertiary/aromatic N) is 2. The molecule has 306 valence electrons. The molecule has 0 bridgehead atoms. The molecule has 2 fully saturated rings. The standard InChI is InChI=1S/C44H61N3O9/c1-2-51-25-26-53-29-30-55-33-34-56-32-31-54-28-27-52-24-16-41(48)46-22-19-44(20-23-46)17-13-38(14-18-44)43(50)45-21-15-42(49)47-35-39-9-4-3-7-36(39)11-12-37-8-5-6-10-40(37)47/h3-10,38H,2,13-35H2,1H3,(H,45,50). The summed E-state index contributed by atoms with van der Waals surface area (Å²) in [4.78, 5) is 43.4. The minimum absolute atomic E-state index is 0.0380. The van der Waals surface area contributed by atoms with E-state index >= 15 is 0 Å². The first kappa shape index (κ1) is 43.3. The van der Waals surface area contributed by atoms with E-state index in [2.05, 4.69) is 17.2 Å². The van der Waals surface area contributed by atoms with Gasteiger partial charge in [0.15, 0.2) is 0 Å². The number of piperidine rings is 1. The highest BCUT2D eigenvalue weighted by Gasteiger charge is 2.40. The summed E-state index contributed by atoms with van der Waals surface area (Å²) in [5, 5.41) is 3.06. The van der Waals surface area contributed by atoms with Gasteiger partial charge in [0, 0.05) is 49.7 Å². The third-order valence-corrected chi connectivity index (χ3v) is 10.9. The summed E-state index contributed by atoms with van der Waals surface area (Å²) in [6, 6.07) is 15.7. The number of ether oxygens (including phenoxy) is 6. The molecule has 3 amide bonds. The van der Waals surface area contributed by atoms with Gasteiger partial charge in [-0.05, 0) is 74.6 Å². The second-order valence-electron chi connectivity index (χ2n) is 14.6. The molecule has 2 aromatic rings. The van der Waals surface area contributed by atoms with Gasteiger partial charge in [0.05, 0.1) is 91.3 Å². The van der Waals surface area contributed by atoms with Gasteiger partial charge in [0.1, 0.15) is 0 Å². The van der Waals surface area contributed by atoms with Crippen LogP contribution in [0.1, 0.15) is 75.0 Å². The van der Waals surface area contributed by atoms with E-state index in [9.17, 15) is 14.4 Å². The highest BCUT2D eigenvalue weighted by molar-refractivity contribution is 5.95. The van der Waals surface area contributed by atoms with Crippen LogP contribution in [0.15, 0.2) is 48.5 Å². The molecule has 1 saturated heterocycles. The average molecular weight is 776 g/mol. The smallest absolute Gasteiger partial charge is 0.229 e. The Bertz CT molecular complexity index is 1570. The van der Waals surface area contributed by atoms with Crippen molar-refractivity contribution in [3.63, 3.8) is 0 Å². The van der Waals surface area contributed by atoms with E-state index in [1.165, 1.54) is 0 Å². The zero-order chi connectivity index (χ0) is 39.3. The third-order valence-electron chi connectivity index (χ3n) is 10.9. The SMILES string of the molecule is CCOCCOCCOCCOCCOCCOCCC(=O)N1CCC2(CCC(C(=O)NCCC(=O)N3Cc4ccccc4C#Cc4ccccc43)CC2)CC1. The van der Waals surface area contributed by atoms with E-state index in [1.807, 2.05) is 60.4 Å². The lowest BCUT2D eigenvalue weighted by Gasteiger charge is -2.45. The summed E-state index contributed by atoms with van der Waals surface area (Å²) < 4.78 is 32.7. The molecule has 3 aliphatic rings. The summed E-state index contributed by atoms with van der Waals surface area (Å²) >= 11 is 0. The molecule has 12 nitrogen and oxygen atoms in total. The van der Waals surface area contributed by atoms with Gasteiger partial charge in [-0.2, -0.15) is 0 Å². The number of fused-ring (bicyclic) bond motifs is 2. The summed E-state index contributed by atoms with van der Waals surface area (Å²) in [6.45, 7) is 10.4. The molecule has 1 spiro atoms. The zero-order valence-corrected chi connectivity index (χ0v) is 33.2. The first-order chi connectivity index (χ1) is 27.5. The third kappa shape index (κ3) is 14.0. The maximum atomic E-state index is 13.5. The van der Waals surface area contributed by atoms with Gasteiger partial charge in [-0.3, -0.25) is 14.4 Å². The first-order valence-corrected chi connectivity index (χ1v) is 20.5. The number of likely N-dealkylation sites (tertiary alicyclic amines) is 1. The molecule has 1 saturated carbocycles. The summed E-state index contributed by atoms with van der Waals surface area (Å²) in [7, 11) is 0. The van der Waals surface area contributed by atoms with Crippen LogP contribution in [-0.4, -0.2) is 122 Å². The quantitative estimate of drug-likeness (QED) is 0.126. The Morgan fingerprint density at radius 2 is 1.20 bits per heavy atom. The van der Waals surface area contributed by atoms with Crippen LogP contribution in [0, 0.1) is 23.2 Å². The van der Waals surface area contributed by atoms with Crippen molar-refractivity contribution >= 4 is 23.4 Å². The largest absolute Gasteiger partial charge is 0.379 e. The van der Waals surface area contributed by atoms with Crippen LogP contribution in [0.3, 0.4) is 0 Å². The van der Waals surface area contributed by atoms with E-state index in [1.54, 1.807) is 4.90 Å². The zero-order valence-electron chi connectivity index (χ0n) is 33.2. The monoisotopic (exact) mass is 775 g/mol. The van der Waals surface area contributed by atoms with Crippen molar-refractivity contribution in [3.8, 4) is 11.8 Å². The van der Waals surface area contributed by atoms with Gasteiger partial charge >= 0.3 is 0 Å². The van der Waals surface area contributed by atoms with Gasteiger partial charge in [0.2, 0.25) is 17.7 Å². The van der Waals surface area contributed by atoms with Crippen molar-refractivity contribution in [1.82, 2.24) is 10.2 Å². The lowest BCUT2D eigenvalue weighted by atomic mass is 9.65. The van der Waals surface area contributed by atoms with Crippen molar-refractivity contribution in [2.45, 2.75) is 64.8 Å². The Balaban J connectivity index is 0.878. The number of benzene rings is 2. The molecule has 0 atom stereocenters. The first-order valence-electron chi connectivity index (χ1n) is 20.5. The van der Waals surface area contributed by atoms with Crippen LogP contribution in [0.4, 0.5) is 5.69 Å². The predicted octanol–water partition coefficient (Wildman–Crippen LogP) is 4.75. The van der Waals surface area contributed by atoms with Crippen LogP contribution in [0.5, 0.6) is 0 Å². The normalized spacial score (nSPS) is 16.3. The Morgan fingerprint density at radius 3 is 1.82 bits per heavy atom. The summed E-state index contributed by atoms with van der Waals surface area (Å²) in [5.41, 5.74) is 3.75. The maximum absolute atomic E-state index is 13.5. The predicted molar refractivity (Wildman–Crippen MR) is 213 cm³/mol. The second-order valence-corrected chi connectivity index (χ2v) is 14.6. The number of nitrogens with one attached hydrogen (secondary N) is 1. The number of hydrogen-bond donors (Lipinski definition) is 1. The molecule has 5 rings (SSSR count). The minimum Gasteiger partial charge on any atom is -0.379 e. The molecule has 0 radical (unpaired) electrons. The van der Waals surface area contributed by atoms with Gasteiger partial charge < -0.3 is 43.5 Å². The molecule has 12 heteroatoms. The molecule has 0 unspecified atom stereocenters. The fourth-order valence-electron chi connectivity index (χ4n) is 7.56. The van der Waals surface area contributed by atoms with E-state index in [-0.39, 0.29) is 35.5 Å². The molecular formula is C44H61N3O9. The van der Waals surface area contributed by atoms with Gasteiger partial charge in [-0.1, -0.05) is 42.2 Å². The lowest BCUT2D eigenvalue weighted by Crippen LogP contribution is -2.46. The van der Waals surface area contributed by atoms with Crippen LogP contribution in [-0.2, 0) is 49.3 Å². The van der Waals surface area contributed by atoms with E-state index < -0.39 is 0 Å². The lowest BCUT2D eigenvalue weighted by molar-refractivity contribution is -0.135. The number of para-hydroxylation sites is 1. The molecule has 56 heavy (non-hydrogen) atoms. The van der Waals surface area contributed by atoms with Gasteiger partial charge in [-0.15, -0.1) is 0 Å². The van der Waals surface area contributed by atoms with E-state index in [4.69, 9.17) is 28.4 Å². The van der Waals surface area contributed by atoms with Crippen LogP contribution >= 0.6 is 0 Å². The number of carbonyl (C=O) groups is 3. The van der Waals surface area contributed by atoms with Crippen LogP contribution in [0.2, 0.25) is 0 Å². The fraction of sp³-hybridized carbons (Fsp3) is 0.614. The number of rotatable bonds is 23. The van der Waals surface area contributed by atoms with Crippen molar-refractivity contribution in [3.05, 3.63) is 65.2 Å². The Labute approximate surface area is 332 Å². The summed E-state index contributed by atoms with van der Waals surface area (Å²) in [6.07, 6.45) is 6.18. The van der Waals surface area contributed by atoms with Gasteiger partial charge in [0.25, 0.3) is 0 Å². The van der Waals surface area contributed by atoms with Crippen molar-refractivity contribution in [2.24, 2.45) is 11.3 Å². The molecule has 2 aliphatic heterocycles. The fourth-order valence-corrected chi connectivity index (χ4v) is 7.56. The topological polar surface area (TPSA) is 125 Å². The van der Waals surface area contributed by atoms with Crippen molar-refractivity contribution in [2.75, 3.05) is 104 Å². The Hall–Kier alpha value is -3.83. The maximum Gasteiger partial charge on any atom is 0.229 e. The highest BCUT2D eigenvalue weighted by atomic mass is 16.6. The number of carbonyl (C=O) groups excluding carboxylic acids is 3. The average Bonchev–Trinajstić information content (AvgIpc) is 3.21. The molecule has 0 aromatic heterocycles. The molecule has 1 N–H and O–H groups in total. The number of anilines is 1. The summed E-state index contributed by atoms with van der Waals surface area (Å²) in [5.74, 6) is 6.57. The molecule has 2 aromatic carbocycles. The van der Waals surface area contributed by atoms with Crippen LogP contribution in [0.25, 0.3) is 0 Å². The highest BCUT2D eigenvalue weighted by Crippen LogP contribution is 2.46. The second kappa shape index (κ2) is 24.1. The van der Waals surface area contributed by atoms with Crippen molar-refractivity contribution < 1.29 is 42.8 Å². The molecule has 2 heterocycles. The van der Waals surface area contributed by atoms with Crippen molar-refractivity contribution in [1.29, 1.82) is 0 Å². The number of amides is 3. The van der Waals surface area contributed by atoms with E-state index in [0.29, 0.717) is 98.8 Å². The van der Waals surface area contributed by atoms with Crippen LogP contribution < -0.4 is 10.2 Å². The number of hydrogen-bond acceptors (Lipinski definition) is 9. The minimum atomic E-state index is -0.0412. The Morgan fingerprint density at radius 1 is 0.661 bits per heavy atom. The molecule has 1 aliphatic carbocycles. The van der Waals surface area contributed by atoms with Gasteiger partial charge in [-0.25, -0.2) is 0 Å². The Kier molecular flexibility index (Phi) is 18.6. The molecular weight excluding hydrogens is 714 g/mol. The van der Waals surface area contributed by atoms with E-state index in [0.717, 1.165) is 74.0 Å².